The van der Waals surface area contributed by atoms with Crippen molar-refractivity contribution < 1.29 is 4.74 Å². The highest BCUT2D eigenvalue weighted by Gasteiger charge is 2.39. The lowest BCUT2D eigenvalue weighted by molar-refractivity contribution is -0.0362. The molecule has 0 spiro atoms. The highest BCUT2D eigenvalue weighted by molar-refractivity contribution is 5.49. The monoisotopic (exact) mass is 288 g/mol. The summed E-state index contributed by atoms with van der Waals surface area (Å²) < 4.78 is 7.76. The van der Waals surface area contributed by atoms with Crippen molar-refractivity contribution >= 4 is 11.6 Å². The number of fused-ring (bicyclic) bond motifs is 2. The number of likely N-dealkylation sites (N-methyl/N-ethyl adjacent to an activating group) is 1. The number of aryl methyl sites for hydroxylation is 1. The van der Waals surface area contributed by atoms with Crippen LogP contribution in [0, 0.1) is 0 Å². The summed E-state index contributed by atoms with van der Waals surface area (Å²) in [6.45, 7) is 5.80. The Bertz CT molecular complexity index is 656. The molecule has 2 fully saturated rings. The lowest BCUT2D eigenvalue weighted by Crippen LogP contribution is -2.48. The predicted molar refractivity (Wildman–Crippen MR) is 78.5 cm³/mol. The molecule has 2 saturated heterocycles. The molecule has 112 valence electrons. The minimum Gasteiger partial charge on any atom is -0.373 e. The second-order valence-electron chi connectivity index (χ2n) is 5.79. The fourth-order valence-corrected chi connectivity index (χ4v) is 3.30. The van der Waals surface area contributed by atoms with E-state index in [-0.39, 0.29) is 6.10 Å². The molecule has 2 unspecified atom stereocenters. The lowest BCUT2D eigenvalue weighted by atomic mass is 10.1. The van der Waals surface area contributed by atoms with E-state index in [0.717, 1.165) is 44.2 Å². The number of hydrogen-bond donors (Lipinski definition) is 0. The van der Waals surface area contributed by atoms with Gasteiger partial charge in [0.2, 0.25) is 0 Å². The van der Waals surface area contributed by atoms with E-state index in [1.807, 2.05) is 4.52 Å². The quantitative estimate of drug-likeness (QED) is 0.787. The van der Waals surface area contributed by atoms with Gasteiger partial charge >= 0.3 is 0 Å². The average molecular weight is 288 g/mol. The van der Waals surface area contributed by atoms with Crippen molar-refractivity contribution in [2.45, 2.75) is 25.5 Å². The summed E-state index contributed by atoms with van der Waals surface area (Å²) in [4.78, 5) is 13.5. The van der Waals surface area contributed by atoms with Crippen molar-refractivity contribution in [1.82, 2.24) is 24.5 Å². The van der Waals surface area contributed by atoms with Crippen molar-refractivity contribution in [3.05, 3.63) is 18.1 Å². The molecule has 21 heavy (non-hydrogen) atoms. The summed E-state index contributed by atoms with van der Waals surface area (Å²) in [6, 6.07) is 2.58. The van der Waals surface area contributed by atoms with Gasteiger partial charge in [0, 0.05) is 31.4 Å². The maximum absolute atomic E-state index is 5.93. The van der Waals surface area contributed by atoms with Crippen LogP contribution < -0.4 is 4.90 Å². The van der Waals surface area contributed by atoms with Gasteiger partial charge in [0.15, 0.2) is 0 Å². The van der Waals surface area contributed by atoms with E-state index in [9.17, 15) is 0 Å². The molecule has 2 atom stereocenters. The van der Waals surface area contributed by atoms with Crippen LogP contribution >= 0.6 is 0 Å². The molecule has 7 nitrogen and oxygen atoms in total. The van der Waals surface area contributed by atoms with Crippen molar-refractivity contribution in [1.29, 1.82) is 0 Å². The zero-order valence-electron chi connectivity index (χ0n) is 12.4. The van der Waals surface area contributed by atoms with Crippen molar-refractivity contribution in [2.24, 2.45) is 0 Å². The molecule has 2 aliphatic rings. The second kappa shape index (κ2) is 4.92. The van der Waals surface area contributed by atoms with Crippen LogP contribution in [0.5, 0.6) is 0 Å². The van der Waals surface area contributed by atoms with E-state index >= 15 is 0 Å². The predicted octanol–water partition coefficient (Wildman–Crippen LogP) is 0.206. The Kier molecular flexibility index (Phi) is 3.04. The molecule has 0 saturated carbocycles. The molecule has 0 N–H and O–H groups in total. The lowest BCUT2D eigenvalue weighted by Gasteiger charge is -2.33. The molecule has 2 aliphatic heterocycles. The zero-order valence-corrected chi connectivity index (χ0v) is 12.4. The second-order valence-corrected chi connectivity index (χ2v) is 5.79. The Morgan fingerprint density at radius 3 is 3.10 bits per heavy atom. The van der Waals surface area contributed by atoms with Crippen LogP contribution in [0.3, 0.4) is 0 Å². The zero-order chi connectivity index (χ0) is 14.4. The van der Waals surface area contributed by atoms with Gasteiger partial charge in [-0.2, -0.15) is 14.6 Å². The fraction of sp³-hybridized carbons (Fsp3) is 0.643. The first-order valence-corrected chi connectivity index (χ1v) is 7.52. The summed E-state index contributed by atoms with van der Waals surface area (Å²) in [5, 5.41) is 4.32. The van der Waals surface area contributed by atoms with E-state index in [2.05, 4.69) is 44.9 Å². The van der Waals surface area contributed by atoms with Crippen LogP contribution in [0.2, 0.25) is 0 Å². The van der Waals surface area contributed by atoms with Crippen LogP contribution in [-0.2, 0) is 11.2 Å². The van der Waals surface area contributed by atoms with Gasteiger partial charge in [0.05, 0.1) is 18.8 Å². The summed E-state index contributed by atoms with van der Waals surface area (Å²) in [6.07, 6.45) is 2.74. The molecule has 7 heteroatoms. The fourth-order valence-electron chi connectivity index (χ4n) is 3.30. The maximum atomic E-state index is 5.93. The van der Waals surface area contributed by atoms with E-state index in [1.54, 1.807) is 6.33 Å². The Labute approximate surface area is 123 Å². The summed E-state index contributed by atoms with van der Waals surface area (Å²) in [5.74, 6) is 1.74. The number of hydrogen-bond acceptors (Lipinski definition) is 6. The standard InChI is InChI=1S/C14H20N6O/c1-3-10-6-13(20-14(17-10)15-9-16-20)19-7-11-12(8-19)21-5-4-18(11)2/h6,9,11-12H,3-5,7-8H2,1-2H3. The molecule has 2 aromatic rings. The highest BCUT2D eigenvalue weighted by atomic mass is 16.5. The number of rotatable bonds is 2. The number of anilines is 1. The Hall–Kier alpha value is -1.73. The topological polar surface area (TPSA) is 58.8 Å². The Balaban J connectivity index is 1.72. The van der Waals surface area contributed by atoms with Crippen molar-refractivity contribution in [3.8, 4) is 0 Å². The van der Waals surface area contributed by atoms with Gasteiger partial charge in [-0.25, -0.2) is 4.98 Å². The van der Waals surface area contributed by atoms with Crippen LogP contribution in [0.1, 0.15) is 12.6 Å². The molecule has 0 aromatic carbocycles. The number of morpholine rings is 1. The van der Waals surface area contributed by atoms with Crippen LogP contribution in [0.25, 0.3) is 5.78 Å². The Morgan fingerprint density at radius 1 is 1.38 bits per heavy atom. The number of ether oxygens (including phenoxy) is 1. The number of aromatic nitrogens is 4. The maximum Gasteiger partial charge on any atom is 0.254 e. The normalized spacial score (nSPS) is 26.5. The van der Waals surface area contributed by atoms with E-state index in [4.69, 9.17) is 4.74 Å². The third kappa shape index (κ3) is 2.08. The van der Waals surface area contributed by atoms with Gasteiger partial charge in [-0.3, -0.25) is 4.90 Å². The summed E-state index contributed by atoms with van der Waals surface area (Å²) in [7, 11) is 2.18. The van der Waals surface area contributed by atoms with E-state index in [1.165, 1.54) is 0 Å². The molecule has 4 heterocycles. The van der Waals surface area contributed by atoms with Gasteiger partial charge < -0.3 is 9.64 Å². The van der Waals surface area contributed by atoms with Crippen LogP contribution in [0.15, 0.2) is 12.4 Å². The molecule has 0 amide bonds. The highest BCUT2D eigenvalue weighted by Crippen LogP contribution is 2.27. The van der Waals surface area contributed by atoms with Gasteiger partial charge in [0.25, 0.3) is 5.78 Å². The van der Waals surface area contributed by atoms with Gasteiger partial charge in [-0.05, 0) is 13.5 Å². The van der Waals surface area contributed by atoms with Crippen LogP contribution in [0.4, 0.5) is 5.82 Å². The first-order chi connectivity index (χ1) is 10.3. The third-order valence-corrected chi connectivity index (χ3v) is 4.55. The minimum absolute atomic E-state index is 0.278. The van der Waals surface area contributed by atoms with Crippen molar-refractivity contribution in [3.63, 3.8) is 0 Å². The first kappa shape index (κ1) is 13.0. The molecule has 2 aromatic heterocycles. The first-order valence-electron chi connectivity index (χ1n) is 7.52. The smallest absolute Gasteiger partial charge is 0.254 e. The molecule has 0 radical (unpaired) electrons. The van der Waals surface area contributed by atoms with Crippen molar-refractivity contribution in [2.75, 3.05) is 38.2 Å². The van der Waals surface area contributed by atoms with Gasteiger partial charge in [0.1, 0.15) is 12.1 Å². The summed E-state index contributed by atoms with van der Waals surface area (Å²) in [5.41, 5.74) is 1.05. The van der Waals surface area contributed by atoms with Crippen LogP contribution in [-0.4, -0.2) is 69.9 Å². The van der Waals surface area contributed by atoms with E-state index < -0.39 is 0 Å². The largest absolute Gasteiger partial charge is 0.373 e. The number of nitrogens with zero attached hydrogens (tertiary/aromatic N) is 6. The molecule has 4 rings (SSSR count). The SMILES string of the molecule is CCc1cc(N2CC3OCCN(C)C3C2)n2ncnc2n1. The van der Waals surface area contributed by atoms with Gasteiger partial charge in [-0.15, -0.1) is 0 Å². The molecular formula is C14H20N6O. The minimum atomic E-state index is 0.278. The van der Waals surface area contributed by atoms with E-state index in [0.29, 0.717) is 11.8 Å². The Morgan fingerprint density at radius 2 is 2.29 bits per heavy atom. The van der Waals surface area contributed by atoms with Gasteiger partial charge in [-0.1, -0.05) is 6.92 Å². The average Bonchev–Trinajstić information content (AvgIpc) is 3.13. The third-order valence-electron chi connectivity index (χ3n) is 4.55. The molecular weight excluding hydrogens is 268 g/mol. The molecule has 0 aliphatic carbocycles. The molecule has 0 bridgehead atoms. The summed E-state index contributed by atoms with van der Waals surface area (Å²) >= 11 is 0.